The van der Waals surface area contributed by atoms with Gasteiger partial charge in [0.1, 0.15) is 18.7 Å². The van der Waals surface area contributed by atoms with Crippen LogP contribution in [-0.4, -0.2) is 64.7 Å². The zero-order chi connectivity index (χ0) is 28.1. The van der Waals surface area contributed by atoms with Crippen molar-refractivity contribution >= 4 is 23.9 Å². The number of rotatable bonds is 15. The normalized spacial score (nSPS) is 15.3. The smallest absolute Gasteiger partial charge is 0.408 e. The Hall–Kier alpha value is -3.28. The van der Waals surface area contributed by atoms with E-state index in [1.807, 2.05) is 13.0 Å². The number of aliphatic carboxylic acids is 1. The number of nitrogens with one attached hydrogen (secondary N) is 3. The maximum atomic E-state index is 13.1. The van der Waals surface area contributed by atoms with Crippen LogP contribution in [0, 0.1) is 11.8 Å². The lowest BCUT2D eigenvalue weighted by Crippen LogP contribution is -2.58. The molecule has 0 saturated carbocycles. The van der Waals surface area contributed by atoms with Crippen molar-refractivity contribution in [2.75, 3.05) is 0 Å². The van der Waals surface area contributed by atoms with Crippen LogP contribution in [0.3, 0.4) is 0 Å². The van der Waals surface area contributed by atoms with Crippen LogP contribution in [0.4, 0.5) is 13.6 Å². The predicted octanol–water partition coefficient (Wildman–Crippen LogP) is 2.44. The summed E-state index contributed by atoms with van der Waals surface area (Å²) in [4.78, 5) is 49.5. The van der Waals surface area contributed by atoms with E-state index in [1.54, 1.807) is 45.0 Å². The third-order valence-electron chi connectivity index (χ3n) is 5.72. The lowest BCUT2D eigenvalue weighted by atomic mass is 9.96. The van der Waals surface area contributed by atoms with Gasteiger partial charge in [-0.3, -0.25) is 9.59 Å². The number of ether oxygens (including phenoxy) is 1. The van der Waals surface area contributed by atoms with Gasteiger partial charge in [-0.25, -0.2) is 18.4 Å². The van der Waals surface area contributed by atoms with Crippen molar-refractivity contribution in [2.45, 2.75) is 84.2 Å². The number of aliphatic hydroxyl groups is 1. The van der Waals surface area contributed by atoms with Crippen molar-refractivity contribution < 1.29 is 42.9 Å². The molecule has 0 fully saturated rings. The largest absolute Gasteiger partial charge is 0.479 e. The van der Waals surface area contributed by atoms with Crippen molar-refractivity contribution in [1.29, 1.82) is 0 Å². The Kier molecular flexibility index (Phi) is 13.5. The molecule has 10 nitrogen and oxygen atoms in total. The van der Waals surface area contributed by atoms with Crippen LogP contribution < -0.4 is 16.0 Å². The summed E-state index contributed by atoms with van der Waals surface area (Å²) in [5, 5.41) is 25.9. The topological polar surface area (TPSA) is 154 Å². The number of carbonyl (C=O) groups is 4. The van der Waals surface area contributed by atoms with Gasteiger partial charge in [0.2, 0.25) is 18.2 Å². The van der Waals surface area contributed by atoms with Gasteiger partial charge in [0.25, 0.3) is 0 Å². The summed E-state index contributed by atoms with van der Waals surface area (Å²) in [7, 11) is 0. The maximum Gasteiger partial charge on any atom is 0.408 e. The molecule has 0 spiro atoms. The highest BCUT2D eigenvalue weighted by molar-refractivity contribution is 5.91. The van der Waals surface area contributed by atoms with E-state index in [1.165, 1.54) is 0 Å². The van der Waals surface area contributed by atoms with Gasteiger partial charge in [0.15, 0.2) is 6.10 Å². The van der Waals surface area contributed by atoms with Crippen molar-refractivity contribution in [1.82, 2.24) is 16.0 Å². The second-order valence-electron chi connectivity index (χ2n) is 9.28. The minimum Gasteiger partial charge on any atom is -0.479 e. The standard InChI is InChI=1S/C25H37F2N3O7/c1-5-15(4)20(30-25(36)37-13-16-9-7-6-8-10-16)23(33)29-18(11-14(2)3)22(32)28-17(12-19(26)27)21(31)24(34)35/h6-10,14-15,17-21,31H,5,11-13H2,1-4H3,(H,28,32)(H,29,33)(H,30,36)(H,34,35)/t15-,17?,18-,20-,21-/m0/s1. The molecule has 1 aromatic rings. The van der Waals surface area contributed by atoms with Gasteiger partial charge < -0.3 is 30.9 Å². The fraction of sp³-hybridized carbons (Fsp3) is 0.600. The monoisotopic (exact) mass is 529 g/mol. The highest BCUT2D eigenvalue weighted by Gasteiger charge is 2.34. The van der Waals surface area contributed by atoms with Crippen LogP contribution in [0.5, 0.6) is 0 Å². The lowest BCUT2D eigenvalue weighted by molar-refractivity contribution is -0.149. The van der Waals surface area contributed by atoms with E-state index in [2.05, 4.69) is 16.0 Å². The number of alkyl carbamates (subject to hydrolysis) is 1. The number of hydrogen-bond acceptors (Lipinski definition) is 6. The second kappa shape index (κ2) is 15.7. The third-order valence-corrected chi connectivity index (χ3v) is 5.72. The van der Waals surface area contributed by atoms with Crippen LogP contribution >= 0.6 is 0 Å². The molecule has 0 bridgehead atoms. The summed E-state index contributed by atoms with van der Waals surface area (Å²) >= 11 is 0. The molecule has 1 rings (SSSR count). The molecule has 37 heavy (non-hydrogen) atoms. The van der Waals surface area contributed by atoms with E-state index >= 15 is 0 Å². The van der Waals surface area contributed by atoms with Crippen LogP contribution in [0.2, 0.25) is 0 Å². The Morgan fingerprint density at radius 3 is 2.08 bits per heavy atom. The van der Waals surface area contributed by atoms with E-state index in [4.69, 9.17) is 9.84 Å². The molecule has 0 heterocycles. The Bertz CT molecular complexity index is 886. The Balaban J connectivity index is 2.97. The summed E-state index contributed by atoms with van der Waals surface area (Å²) in [6.45, 7) is 7.04. The molecule has 12 heteroatoms. The Labute approximate surface area is 215 Å². The van der Waals surface area contributed by atoms with E-state index in [0.29, 0.717) is 6.42 Å². The van der Waals surface area contributed by atoms with E-state index < -0.39 is 61.0 Å². The first kappa shape index (κ1) is 31.7. The highest BCUT2D eigenvalue weighted by atomic mass is 19.3. The van der Waals surface area contributed by atoms with Gasteiger partial charge in [0, 0.05) is 6.42 Å². The van der Waals surface area contributed by atoms with Gasteiger partial charge in [-0.1, -0.05) is 64.4 Å². The van der Waals surface area contributed by atoms with Gasteiger partial charge in [-0.2, -0.15) is 0 Å². The van der Waals surface area contributed by atoms with E-state index in [-0.39, 0.29) is 24.9 Å². The molecule has 5 N–H and O–H groups in total. The van der Waals surface area contributed by atoms with Crippen LogP contribution in [0.25, 0.3) is 0 Å². The minimum atomic E-state index is -2.99. The number of hydrogen-bond donors (Lipinski definition) is 5. The summed E-state index contributed by atoms with van der Waals surface area (Å²) < 4.78 is 31.1. The van der Waals surface area contributed by atoms with E-state index in [9.17, 15) is 33.1 Å². The molecular weight excluding hydrogens is 492 g/mol. The average molecular weight is 530 g/mol. The Morgan fingerprint density at radius 1 is 0.946 bits per heavy atom. The van der Waals surface area contributed by atoms with E-state index in [0.717, 1.165) is 5.56 Å². The zero-order valence-electron chi connectivity index (χ0n) is 21.4. The minimum absolute atomic E-state index is 0.0165. The number of carbonyl (C=O) groups excluding carboxylic acids is 3. The SMILES string of the molecule is CC[C@H](C)[C@H](NC(=O)OCc1ccccc1)C(=O)N[C@@H](CC(C)C)C(=O)NC(CC(F)F)[C@H](O)C(=O)O. The second-order valence-corrected chi connectivity index (χ2v) is 9.28. The first-order valence-corrected chi connectivity index (χ1v) is 12.1. The number of alkyl halides is 2. The first-order chi connectivity index (χ1) is 17.3. The van der Waals surface area contributed by atoms with Crippen LogP contribution in [0.15, 0.2) is 30.3 Å². The van der Waals surface area contributed by atoms with Crippen molar-refractivity contribution in [3.63, 3.8) is 0 Å². The summed E-state index contributed by atoms with van der Waals surface area (Å²) in [6, 6.07) is 4.84. The molecule has 0 aliphatic carbocycles. The maximum absolute atomic E-state index is 13.1. The number of amides is 3. The zero-order valence-corrected chi connectivity index (χ0v) is 21.4. The van der Waals surface area contributed by atoms with Crippen molar-refractivity contribution in [3.05, 3.63) is 35.9 Å². The molecule has 3 amide bonds. The van der Waals surface area contributed by atoms with Crippen molar-refractivity contribution in [2.24, 2.45) is 11.8 Å². The van der Waals surface area contributed by atoms with Gasteiger partial charge in [0.05, 0.1) is 6.04 Å². The lowest BCUT2D eigenvalue weighted by Gasteiger charge is -2.28. The molecule has 1 unspecified atom stereocenters. The third kappa shape index (κ3) is 11.5. The fourth-order valence-electron chi connectivity index (χ4n) is 3.47. The average Bonchev–Trinajstić information content (AvgIpc) is 2.84. The molecule has 1 aromatic carbocycles. The molecule has 208 valence electrons. The van der Waals surface area contributed by atoms with Gasteiger partial charge in [-0.15, -0.1) is 0 Å². The predicted molar refractivity (Wildman–Crippen MR) is 131 cm³/mol. The van der Waals surface area contributed by atoms with Gasteiger partial charge in [-0.05, 0) is 23.8 Å². The number of aliphatic hydroxyl groups excluding tert-OH is 1. The van der Waals surface area contributed by atoms with Crippen molar-refractivity contribution in [3.8, 4) is 0 Å². The van der Waals surface area contributed by atoms with Gasteiger partial charge >= 0.3 is 12.1 Å². The molecule has 0 aliphatic rings. The summed E-state index contributed by atoms with van der Waals surface area (Å²) in [5.74, 6) is -3.88. The molecule has 0 radical (unpaired) electrons. The number of carboxylic acid groups (broad SMARTS) is 1. The summed E-state index contributed by atoms with van der Waals surface area (Å²) in [5.41, 5.74) is 0.748. The quantitative estimate of drug-likeness (QED) is 0.234. The molecule has 0 saturated heterocycles. The fourth-order valence-corrected chi connectivity index (χ4v) is 3.47. The molecule has 0 aliphatic heterocycles. The number of halogens is 2. The Morgan fingerprint density at radius 2 is 1.57 bits per heavy atom. The van der Waals surface area contributed by atoms with Crippen LogP contribution in [-0.2, 0) is 25.7 Å². The highest BCUT2D eigenvalue weighted by Crippen LogP contribution is 2.13. The summed E-state index contributed by atoms with van der Waals surface area (Å²) in [6.07, 6.45) is -6.59. The molecular formula is C25H37F2N3O7. The van der Waals surface area contributed by atoms with Crippen LogP contribution in [0.1, 0.15) is 52.5 Å². The first-order valence-electron chi connectivity index (χ1n) is 12.1. The molecule has 5 atom stereocenters. The number of benzene rings is 1. The number of carboxylic acids is 1. The molecule has 0 aromatic heterocycles.